The number of amides is 3. The van der Waals surface area contributed by atoms with Crippen LogP contribution in [0.5, 0.6) is 0 Å². The largest absolute Gasteiger partial charge is 0.396 e. The van der Waals surface area contributed by atoms with E-state index in [4.69, 9.17) is 4.74 Å². The molecule has 0 aliphatic carbocycles. The third-order valence-corrected chi connectivity index (χ3v) is 8.15. The molecule has 3 N–H and O–H groups in total. The van der Waals surface area contributed by atoms with Crippen molar-refractivity contribution in [2.24, 2.45) is 17.3 Å². The number of hydrogen-bond donors (Lipinski definition) is 3. The number of fused-ring (bicyclic) bond motifs is 1. The van der Waals surface area contributed by atoms with Crippen LogP contribution in [0.15, 0.2) is 30.3 Å². The molecule has 3 heterocycles. The Bertz CT molecular complexity index is 1020. The summed E-state index contributed by atoms with van der Waals surface area (Å²) in [5, 5.41) is 15.5. The fraction of sp³-hybridized carbons (Fsp3) is 0.700. The number of hydrogen-bond acceptors (Lipinski definition) is 5. The lowest BCUT2D eigenvalue weighted by Crippen LogP contribution is -2.59. The Kier molecular flexibility index (Phi) is 8.24. The highest BCUT2D eigenvalue weighted by Gasteiger charge is 2.74. The van der Waals surface area contributed by atoms with Gasteiger partial charge in [0.1, 0.15) is 11.6 Å². The molecule has 8 heteroatoms. The molecule has 1 aromatic carbocycles. The van der Waals surface area contributed by atoms with Crippen LogP contribution in [0.2, 0.25) is 0 Å². The topological polar surface area (TPSA) is 108 Å². The summed E-state index contributed by atoms with van der Waals surface area (Å²) < 4.78 is 6.52. The highest BCUT2D eigenvalue weighted by Crippen LogP contribution is 2.58. The van der Waals surface area contributed by atoms with Crippen molar-refractivity contribution in [1.29, 1.82) is 0 Å². The van der Waals surface area contributed by atoms with E-state index in [1.165, 1.54) is 0 Å². The number of likely N-dealkylation sites (tertiary alicyclic amines) is 1. The average molecular weight is 528 g/mol. The Morgan fingerprint density at radius 3 is 2.45 bits per heavy atom. The van der Waals surface area contributed by atoms with Crippen LogP contribution in [-0.2, 0) is 25.7 Å². The van der Waals surface area contributed by atoms with Crippen LogP contribution in [0.1, 0.15) is 78.7 Å². The van der Waals surface area contributed by atoms with Gasteiger partial charge in [0.05, 0.1) is 17.9 Å². The number of unbranched alkanes of at least 4 members (excludes halogenated alkanes) is 2. The Morgan fingerprint density at radius 2 is 1.79 bits per heavy atom. The van der Waals surface area contributed by atoms with Gasteiger partial charge < -0.3 is 25.4 Å². The predicted octanol–water partition coefficient (Wildman–Crippen LogP) is 3.17. The first-order chi connectivity index (χ1) is 17.9. The van der Waals surface area contributed by atoms with E-state index in [1.54, 1.807) is 4.90 Å². The van der Waals surface area contributed by atoms with E-state index < -0.39 is 29.0 Å². The van der Waals surface area contributed by atoms with Crippen molar-refractivity contribution in [3.8, 4) is 0 Å². The summed E-state index contributed by atoms with van der Waals surface area (Å²) in [5.41, 5.74) is -0.466. The van der Waals surface area contributed by atoms with Gasteiger partial charge >= 0.3 is 0 Å². The van der Waals surface area contributed by atoms with Gasteiger partial charge in [-0.15, -0.1) is 0 Å². The number of carbonyl (C=O) groups excluding carboxylic acids is 3. The Balaban J connectivity index is 1.58. The summed E-state index contributed by atoms with van der Waals surface area (Å²) in [6, 6.07) is 8.92. The molecular weight excluding hydrogens is 482 g/mol. The second-order valence-electron chi connectivity index (χ2n) is 13.2. The smallest absolute Gasteiger partial charge is 0.246 e. The summed E-state index contributed by atoms with van der Waals surface area (Å²) in [5.74, 6) is -1.84. The second-order valence-corrected chi connectivity index (χ2v) is 13.2. The van der Waals surface area contributed by atoms with Crippen molar-refractivity contribution < 1.29 is 24.2 Å². The number of aliphatic hydroxyl groups is 1. The predicted molar refractivity (Wildman–Crippen MR) is 145 cm³/mol. The third kappa shape index (κ3) is 5.76. The first-order valence-electron chi connectivity index (χ1n) is 14.1. The lowest BCUT2D eigenvalue weighted by Gasteiger charge is -2.38. The lowest BCUT2D eigenvalue weighted by molar-refractivity contribution is -0.143. The standard InChI is InChI=1S/C30H45N3O5/c1-28(2,3)19-29(4,5)32-26(36)24-30-15-14-21(38-30)22(25(35)31-18-20-12-8-6-9-13-20)23(30)27(37)33(24)16-10-7-11-17-34/h6,8-9,12-13,21-24,34H,7,10-11,14-19H2,1-5H3,(H,31,35)(H,32,36)/t21-,22+,23-,24?,30?/m0/s1. The number of nitrogens with zero attached hydrogens (tertiary/aromatic N) is 1. The maximum Gasteiger partial charge on any atom is 0.246 e. The Labute approximate surface area is 226 Å². The van der Waals surface area contributed by atoms with Gasteiger partial charge in [0.15, 0.2) is 0 Å². The number of carbonyl (C=O) groups is 3. The fourth-order valence-corrected chi connectivity index (χ4v) is 7.24. The van der Waals surface area contributed by atoms with Gasteiger partial charge in [-0.1, -0.05) is 51.1 Å². The quantitative estimate of drug-likeness (QED) is 0.383. The maximum atomic E-state index is 14.0. The number of ether oxygens (including phenoxy) is 1. The summed E-state index contributed by atoms with van der Waals surface area (Å²) in [6.07, 6.45) is 3.73. The number of aliphatic hydroxyl groups excluding tert-OH is 1. The van der Waals surface area contributed by atoms with Crippen molar-refractivity contribution in [1.82, 2.24) is 15.5 Å². The van der Waals surface area contributed by atoms with Crippen molar-refractivity contribution in [2.45, 2.75) is 103 Å². The van der Waals surface area contributed by atoms with Gasteiger partial charge in [0.2, 0.25) is 17.7 Å². The van der Waals surface area contributed by atoms with Crippen LogP contribution < -0.4 is 10.6 Å². The normalized spacial score (nSPS) is 28.5. The molecule has 3 saturated heterocycles. The molecule has 1 spiro atoms. The number of rotatable bonds is 11. The molecule has 38 heavy (non-hydrogen) atoms. The maximum absolute atomic E-state index is 14.0. The average Bonchev–Trinajstić information content (AvgIpc) is 3.46. The van der Waals surface area contributed by atoms with E-state index >= 15 is 0 Å². The van der Waals surface area contributed by atoms with E-state index in [2.05, 4.69) is 31.4 Å². The van der Waals surface area contributed by atoms with Crippen LogP contribution in [0, 0.1) is 17.3 Å². The first-order valence-corrected chi connectivity index (χ1v) is 14.1. The zero-order chi connectivity index (χ0) is 27.7. The molecule has 0 saturated carbocycles. The van der Waals surface area contributed by atoms with Gasteiger partial charge in [-0.3, -0.25) is 14.4 Å². The molecule has 3 aliphatic rings. The zero-order valence-corrected chi connectivity index (χ0v) is 23.6. The summed E-state index contributed by atoms with van der Waals surface area (Å²) >= 11 is 0. The Hall–Kier alpha value is -2.45. The highest BCUT2D eigenvalue weighted by atomic mass is 16.5. The minimum Gasteiger partial charge on any atom is -0.396 e. The van der Waals surface area contributed by atoms with Crippen LogP contribution >= 0.6 is 0 Å². The van der Waals surface area contributed by atoms with E-state index in [0.717, 1.165) is 18.4 Å². The van der Waals surface area contributed by atoms with Gasteiger partial charge in [-0.2, -0.15) is 0 Å². The van der Waals surface area contributed by atoms with Crippen LogP contribution in [-0.4, -0.2) is 64.2 Å². The molecule has 8 nitrogen and oxygen atoms in total. The molecule has 210 valence electrons. The minimum absolute atomic E-state index is 0.0112. The molecule has 3 amide bonds. The highest BCUT2D eigenvalue weighted by molar-refractivity contribution is 5.99. The molecule has 3 fully saturated rings. The zero-order valence-electron chi connectivity index (χ0n) is 23.6. The minimum atomic E-state index is -0.991. The molecule has 2 bridgehead atoms. The van der Waals surface area contributed by atoms with Crippen molar-refractivity contribution in [2.75, 3.05) is 13.2 Å². The molecule has 1 aromatic rings. The van der Waals surface area contributed by atoms with Crippen LogP contribution in [0.25, 0.3) is 0 Å². The molecule has 0 aromatic heterocycles. The lowest BCUT2D eigenvalue weighted by atomic mass is 9.70. The van der Waals surface area contributed by atoms with Gasteiger partial charge in [0, 0.05) is 25.2 Å². The molecule has 2 unspecified atom stereocenters. The van der Waals surface area contributed by atoms with Crippen molar-refractivity contribution in [3.63, 3.8) is 0 Å². The van der Waals surface area contributed by atoms with E-state index in [0.29, 0.717) is 38.8 Å². The molecule has 4 rings (SSSR count). The first kappa shape index (κ1) is 28.6. The number of benzene rings is 1. The molecule has 5 atom stereocenters. The summed E-state index contributed by atoms with van der Waals surface area (Å²) in [4.78, 5) is 43.1. The van der Waals surface area contributed by atoms with Gasteiger partial charge in [-0.05, 0) is 63.4 Å². The van der Waals surface area contributed by atoms with E-state index in [9.17, 15) is 19.5 Å². The van der Waals surface area contributed by atoms with E-state index in [1.807, 2.05) is 44.2 Å². The van der Waals surface area contributed by atoms with Gasteiger partial charge in [-0.25, -0.2) is 0 Å². The fourth-order valence-electron chi connectivity index (χ4n) is 7.24. The van der Waals surface area contributed by atoms with Crippen molar-refractivity contribution in [3.05, 3.63) is 35.9 Å². The van der Waals surface area contributed by atoms with Crippen molar-refractivity contribution >= 4 is 17.7 Å². The second kappa shape index (κ2) is 11.0. The van der Waals surface area contributed by atoms with Crippen LogP contribution in [0.3, 0.4) is 0 Å². The molecule has 3 aliphatic heterocycles. The van der Waals surface area contributed by atoms with Crippen LogP contribution in [0.4, 0.5) is 0 Å². The SMILES string of the molecule is CC(C)(C)CC(C)(C)NC(=O)C1N(CCCCCO)C(=O)[C@@H]2[C@H](C(=O)NCc3ccccc3)[C@@H]3CCC12O3. The molecule has 0 radical (unpaired) electrons. The third-order valence-electron chi connectivity index (χ3n) is 8.15. The number of nitrogens with one attached hydrogen (secondary N) is 2. The van der Waals surface area contributed by atoms with E-state index in [-0.39, 0.29) is 35.8 Å². The summed E-state index contributed by atoms with van der Waals surface area (Å²) in [6.45, 7) is 11.3. The monoisotopic (exact) mass is 527 g/mol. The Morgan fingerprint density at radius 1 is 1.08 bits per heavy atom. The summed E-state index contributed by atoms with van der Waals surface area (Å²) in [7, 11) is 0. The molecular formula is C30H45N3O5. The van der Waals surface area contributed by atoms with Gasteiger partial charge in [0.25, 0.3) is 0 Å².